The Morgan fingerprint density at radius 1 is 1.35 bits per heavy atom. The number of nitrogens with one attached hydrogen (secondary N) is 1. The third-order valence-corrected chi connectivity index (χ3v) is 3.03. The molecule has 0 radical (unpaired) electrons. The first-order chi connectivity index (χ1) is 7.96. The van der Waals surface area contributed by atoms with Gasteiger partial charge in [-0.2, -0.15) is 5.26 Å². The molecular formula is C13H13N3O. The summed E-state index contributed by atoms with van der Waals surface area (Å²) in [5, 5.41) is 10.4. The van der Waals surface area contributed by atoms with Gasteiger partial charge in [-0.25, -0.2) is 0 Å². The minimum Gasteiger partial charge on any atom is -0.272 e. The molecule has 4 nitrogen and oxygen atoms in total. The fraction of sp³-hybridized carbons (Fsp3) is 0.231. The van der Waals surface area contributed by atoms with Crippen LogP contribution in [0.5, 0.6) is 0 Å². The highest BCUT2D eigenvalue weighted by atomic mass is 16.2. The van der Waals surface area contributed by atoms with E-state index >= 15 is 0 Å². The van der Waals surface area contributed by atoms with Gasteiger partial charge in [0.15, 0.2) is 0 Å². The van der Waals surface area contributed by atoms with Crippen LogP contribution in [0, 0.1) is 16.7 Å². The maximum Gasteiger partial charge on any atom is 0.250 e. The monoisotopic (exact) mass is 227 g/mol. The number of hydrogen-bond donors (Lipinski definition) is 1. The Kier molecular flexibility index (Phi) is 2.40. The Morgan fingerprint density at radius 3 is 2.35 bits per heavy atom. The number of hydrogen-bond acceptors (Lipinski definition) is 3. The van der Waals surface area contributed by atoms with E-state index < -0.39 is 5.41 Å². The molecule has 17 heavy (non-hydrogen) atoms. The molecular weight excluding hydrogens is 214 g/mol. The average molecular weight is 227 g/mol. The molecule has 1 N–H and O–H groups in total. The van der Waals surface area contributed by atoms with E-state index in [0.29, 0.717) is 11.3 Å². The van der Waals surface area contributed by atoms with Crippen molar-refractivity contribution >= 4 is 11.6 Å². The third-order valence-electron chi connectivity index (χ3n) is 3.03. The quantitative estimate of drug-likeness (QED) is 0.797. The number of benzene rings is 1. The normalized spacial score (nSPS) is 17.8. The molecule has 0 spiro atoms. The van der Waals surface area contributed by atoms with E-state index in [0.717, 1.165) is 5.69 Å². The van der Waals surface area contributed by atoms with Crippen molar-refractivity contribution in [3.8, 4) is 6.07 Å². The van der Waals surface area contributed by atoms with E-state index in [1.807, 2.05) is 13.8 Å². The van der Waals surface area contributed by atoms with Crippen molar-refractivity contribution in [1.29, 1.82) is 5.26 Å². The van der Waals surface area contributed by atoms with Gasteiger partial charge < -0.3 is 0 Å². The second-order valence-corrected chi connectivity index (χ2v) is 4.51. The fourth-order valence-corrected chi connectivity index (χ4v) is 1.62. The van der Waals surface area contributed by atoms with Gasteiger partial charge in [0, 0.05) is 5.70 Å². The molecule has 1 saturated heterocycles. The minimum absolute atomic E-state index is 0.0770. The molecule has 0 bridgehead atoms. The summed E-state index contributed by atoms with van der Waals surface area (Å²) in [5.41, 5.74) is 4.24. The number of carbonyl (C=O) groups is 1. The Morgan fingerprint density at radius 2 is 1.94 bits per heavy atom. The predicted octanol–water partition coefficient (Wildman–Crippen LogP) is 1.95. The summed E-state index contributed by atoms with van der Waals surface area (Å²) >= 11 is 0. The SMILES string of the molecule is C=C1N(c2ccc(C#N)cc2)NC(=O)C1(C)C. The molecule has 1 aromatic rings. The van der Waals surface area contributed by atoms with E-state index in [1.54, 1.807) is 29.3 Å². The molecule has 86 valence electrons. The topological polar surface area (TPSA) is 56.1 Å². The lowest BCUT2D eigenvalue weighted by Gasteiger charge is -2.21. The second kappa shape index (κ2) is 3.63. The first kappa shape index (κ1) is 11.2. The molecule has 0 aliphatic carbocycles. The van der Waals surface area contributed by atoms with Crippen molar-refractivity contribution in [1.82, 2.24) is 5.43 Å². The number of nitriles is 1. The summed E-state index contributed by atoms with van der Waals surface area (Å²) < 4.78 is 0. The van der Waals surface area contributed by atoms with Crippen LogP contribution in [-0.4, -0.2) is 5.91 Å². The molecule has 0 saturated carbocycles. The summed E-state index contributed by atoms with van der Waals surface area (Å²) in [6.07, 6.45) is 0. The molecule has 1 fully saturated rings. The minimum atomic E-state index is -0.603. The van der Waals surface area contributed by atoms with Gasteiger partial charge >= 0.3 is 0 Å². The number of rotatable bonds is 1. The van der Waals surface area contributed by atoms with Gasteiger partial charge in [0.2, 0.25) is 5.91 Å². The van der Waals surface area contributed by atoms with Gasteiger partial charge in [-0.3, -0.25) is 15.2 Å². The predicted molar refractivity (Wildman–Crippen MR) is 64.7 cm³/mol. The van der Waals surface area contributed by atoms with Crippen LogP contribution in [0.4, 0.5) is 5.69 Å². The highest BCUT2D eigenvalue weighted by Crippen LogP contribution is 2.35. The lowest BCUT2D eigenvalue weighted by atomic mass is 9.90. The van der Waals surface area contributed by atoms with Gasteiger partial charge in [0.1, 0.15) is 0 Å². The molecule has 1 aliphatic heterocycles. The van der Waals surface area contributed by atoms with Crippen molar-refractivity contribution < 1.29 is 4.79 Å². The zero-order valence-corrected chi connectivity index (χ0v) is 9.82. The van der Waals surface area contributed by atoms with Crippen LogP contribution in [0.15, 0.2) is 36.5 Å². The van der Waals surface area contributed by atoms with Gasteiger partial charge in [-0.05, 0) is 38.1 Å². The van der Waals surface area contributed by atoms with E-state index in [9.17, 15) is 4.79 Å². The van der Waals surface area contributed by atoms with Crippen LogP contribution in [0.2, 0.25) is 0 Å². The summed E-state index contributed by atoms with van der Waals surface area (Å²) in [6, 6.07) is 9.04. The van der Waals surface area contributed by atoms with E-state index in [2.05, 4.69) is 18.1 Å². The molecule has 1 aromatic carbocycles. The third kappa shape index (κ3) is 1.66. The van der Waals surface area contributed by atoms with Crippen LogP contribution >= 0.6 is 0 Å². The fourth-order valence-electron chi connectivity index (χ4n) is 1.62. The van der Waals surface area contributed by atoms with Crippen LogP contribution in [0.3, 0.4) is 0 Å². The lowest BCUT2D eigenvalue weighted by Crippen LogP contribution is -2.32. The summed E-state index contributed by atoms with van der Waals surface area (Å²) in [7, 11) is 0. The smallest absolute Gasteiger partial charge is 0.250 e. The lowest BCUT2D eigenvalue weighted by molar-refractivity contribution is -0.125. The summed E-state index contributed by atoms with van der Waals surface area (Å²) in [6.45, 7) is 7.59. The number of carbonyl (C=O) groups excluding carboxylic acids is 1. The Balaban J connectivity index is 2.34. The highest BCUT2D eigenvalue weighted by Gasteiger charge is 2.42. The summed E-state index contributed by atoms with van der Waals surface area (Å²) in [5.74, 6) is -0.0770. The summed E-state index contributed by atoms with van der Waals surface area (Å²) in [4.78, 5) is 11.7. The molecule has 0 aromatic heterocycles. The second-order valence-electron chi connectivity index (χ2n) is 4.51. The van der Waals surface area contributed by atoms with Gasteiger partial charge in [-0.15, -0.1) is 0 Å². The zero-order valence-electron chi connectivity index (χ0n) is 9.82. The maximum absolute atomic E-state index is 11.7. The first-order valence-electron chi connectivity index (χ1n) is 5.27. The molecule has 1 amide bonds. The number of anilines is 1. The number of amides is 1. The van der Waals surface area contributed by atoms with E-state index in [4.69, 9.17) is 5.26 Å². The molecule has 1 aliphatic rings. The Labute approximate surface area is 100 Å². The standard InChI is InChI=1S/C13H13N3O/c1-9-13(2,3)12(17)15-16(9)11-6-4-10(8-14)5-7-11/h4-7H,1H2,2-3H3,(H,15,17). The van der Waals surface area contributed by atoms with Crippen molar-refractivity contribution in [2.75, 3.05) is 5.01 Å². The highest BCUT2D eigenvalue weighted by molar-refractivity contribution is 5.92. The van der Waals surface area contributed by atoms with Crippen LogP contribution in [0.25, 0.3) is 0 Å². The molecule has 0 atom stereocenters. The zero-order chi connectivity index (χ0) is 12.6. The molecule has 4 heteroatoms. The van der Waals surface area contributed by atoms with E-state index in [1.165, 1.54) is 0 Å². The Hall–Kier alpha value is -2.28. The van der Waals surface area contributed by atoms with Crippen molar-refractivity contribution in [3.63, 3.8) is 0 Å². The van der Waals surface area contributed by atoms with Crippen molar-refractivity contribution in [2.45, 2.75) is 13.8 Å². The Bertz CT molecular complexity index is 523. The van der Waals surface area contributed by atoms with Crippen LogP contribution in [-0.2, 0) is 4.79 Å². The molecule has 2 rings (SSSR count). The van der Waals surface area contributed by atoms with Crippen molar-refractivity contribution in [2.24, 2.45) is 5.41 Å². The van der Waals surface area contributed by atoms with Crippen molar-refractivity contribution in [3.05, 3.63) is 42.1 Å². The van der Waals surface area contributed by atoms with Crippen LogP contribution in [0.1, 0.15) is 19.4 Å². The maximum atomic E-state index is 11.7. The molecule has 0 unspecified atom stereocenters. The largest absolute Gasteiger partial charge is 0.272 e. The molecule has 1 heterocycles. The average Bonchev–Trinajstić information content (AvgIpc) is 2.53. The first-order valence-corrected chi connectivity index (χ1v) is 5.27. The van der Waals surface area contributed by atoms with Gasteiger partial charge in [0.05, 0.1) is 22.7 Å². The van der Waals surface area contributed by atoms with E-state index in [-0.39, 0.29) is 5.91 Å². The van der Waals surface area contributed by atoms with Gasteiger partial charge in [0.25, 0.3) is 0 Å². The van der Waals surface area contributed by atoms with Gasteiger partial charge in [-0.1, -0.05) is 6.58 Å². The number of nitrogens with zero attached hydrogens (tertiary/aromatic N) is 2. The number of hydrazine groups is 1. The van der Waals surface area contributed by atoms with Crippen LogP contribution < -0.4 is 10.4 Å².